The van der Waals surface area contributed by atoms with Gasteiger partial charge in [-0.3, -0.25) is 4.79 Å². The lowest BCUT2D eigenvalue weighted by atomic mass is 9.93. The first kappa shape index (κ1) is 18.8. The van der Waals surface area contributed by atoms with Crippen LogP contribution in [0.1, 0.15) is 31.7 Å². The molecule has 8 heteroatoms. The maximum atomic E-state index is 13.0. The molecule has 1 saturated heterocycles. The second-order valence-electron chi connectivity index (χ2n) is 7.14. The lowest BCUT2D eigenvalue weighted by Gasteiger charge is -2.30. The molecule has 1 unspecified atom stereocenters. The molecule has 6 nitrogen and oxygen atoms in total. The maximum Gasteiger partial charge on any atom is 0.238 e. The molecule has 25 heavy (non-hydrogen) atoms. The lowest BCUT2D eigenvalue weighted by molar-refractivity contribution is -0.133. The second-order valence-corrected chi connectivity index (χ2v) is 10.3. The average molecular weight is 386 g/mol. The molecular formula is C17H27N3O3S2. The highest BCUT2D eigenvalue weighted by molar-refractivity contribution is 7.89. The third-order valence-corrected chi connectivity index (χ3v) is 8.11. The van der Waals surface area contributed by atoms with Gasteiger partial charge in [0.15, 0.2) is 0 Å². The van der Waals surface area contributed by atoms with Crippen molar-refractivity contribution in [1.29, 1.82) is 0 Å². The van der Waals surface area contributed by atoms with E-state index in [4.69, 9.17) is 0 Å². The third-order valence-electron chi connectivity index (χ3n) is 5.57. The number of rotatable bonds is 7. The molecule has 0 aromatic carbocycles. The van der Waals surface area contributed by atoms with Crippen molar-refractivity contribution >= 4 is 27.3 Å². The molecule has 1 N–H and O–H groups in total. The second kappa shape index (κ2) is 7.34. The molecule has 1 atom stereocenters. The first-order valence-electron chi connectivity index (χ1n) is 8.83. The van der Waals surface area contributed by atoms with Crippen LogP contribution in [0.4, 0.5) is 0 Å². The van der Waals surface area contributed by atoms with E-state index in [2.05, 4.69) is 10.7 Å². The zero-order valence-corrected chi connectivity index (χ0v) is 16.5. The number of nitrogens with one attached hydrogen (secondary N) is 1. The number of hydrogen-bond donors (Lipinski definition) is 1. The van der Waals surface area contributed by atoms with Crippen LogP contribution in [-0.2, 0) is 21.4 Å². The number of carbonyl (C=O) groups is 1. The van der Waals surface area contributed by atoms with Crippen LogP contribution in [0.5, 0.6) is 0 Å². The van der Waals surface area contributed by atoms with Crippen molar-refractivity contribution in [3.05, 3.63) is 22.4 Å². The van der Waals surface area contributed by atoms with Crippen molar-refractivity contribution in [3.8, 4) is 0 Å². The summed E-state index contributed by atoms with van der Waals surface area (Å²) in [4.78, 5) is 14.9. The van der Waals surface area contributed by atoms with Gasteiger partial charge in [0.05, 0.1) is 12.3 Å². The molecule has 1 spiro atoms. The summed E-state index contributed by atoms with van der Waals surface area (Å²) in [5.41, 5.74) is 1.36. The van der Waals surface area contributed by atoms with E-state index in [1.165, 1.54) is 11.4 Å². The Morgan fingerprint density at radius 2 is 2.12 bits per heavy atom. The van der Waals surface area contributed by atoms with Gasteiger partial charge in [-0.25, -0.2) is 8.42 Å². The molecule has 2 fully saturated rings. The largest absolute Gasteiger partial charge is 0.334 e. The van der Waals surface area contributed by atoms with Crippen molar-refractivity contribution in [3.63, 3.8) is 0 Å². The van der Waals surface area contributed by atoms with Gasteiger partial charge in [-0.1, -0.05) is 0 Å². The Bertz CT molecular complexity index is 697. The molecule has 1 saturated carbocycles. The molecule has 2 aliphatic rings. The van der Waals surface area contributed by atoms with Gasteiger partial charge in [-0.15, -0.1) is 0 Å². The lowest BCUT2D eigenvalue weighted by Crippen LogP contribution is -2.44. The summed E-state index contributed by atoms with van der Waals surface area (Å²) in [7, 11) is -1.86. The summed E-state index contributed by atoms with van der Waals surface area (Å²) >= 11 is 1.62. The van der Waals surface area contributed by atoms with Gasteiger partial charge < -0.3 is 10.2 Å². The van der Waals surface area contributed by atoms with Crippen molar-refractivity contribution in [1.82, 2.24) is 14.5 Å². The Morgan fingerprint density at radius 1 is 1.40 bits per heavy atom. The normalized spacial score (nSPS) is 22.3. The van der Waals surface area contributed by atoms with Crippen LogP contribution < -0.4 is 5.32 Å². The fraction of sp³-hybridized carbons (Fsp3) is 0.706. The first-order chi connectivity index (χ1) is 11.9. The Hall–Kier alpha value is -0.960. The maximum absolute atomic E-state index is 13.0. The van der Waals surface area contributed by atoms with Gasteiger partial charge in [0.1, 0.15) is 0 Å². The van der Waals surface area contributed by atoms with E-state index in [9.17, 15) is 13.2 Å². The van der Waals surface area contributed by atoms with Crippen LogP contribution in [-0.4, -0.2) is 62.0 Å². The van der Waals surface area contributed by atoms with Crippen molar-refractivity contribution in [2.75, 3.05) is 32.4 Å². The number of sulfonamides is 1. The van der Waals surface area contributed by atoms with E-state index in [-0.39, 0.29) is 29.7 Å². The van der Waals surface area contributed by atoms with Crippen LogP contribution in [0.25, 0.3) is 0 Å². The SMILES string of the molecule is CCS(=O)(=O)N(C)CC(=O)N(Cc1ccsc1)C1CC12CCNCC2. The molecule has 140 valence electrons. The van der Waals surface area contributed by atoms with Crippen LogP contribution in [0.2, 0.25) is 0 Å². The highest BCUT2D eigenvalue weighted by Gasteiger charge is 2.57. The van der Waals surface area contributed by atoms with E-state index in [1.807, 2.05) is 16.3 Å². The van der Waals surface area contributed by atoms with Crippen LogP contribution in [0, 0.1) is 5.41 Å². The van der Waals surface area contributed by atoms with E-state index in [0.717, 1.165) is 37.9 Å². The minimum atomic E-state index is -3.35. The summed E-state index contributed by atoms with van der Waals surface area (Å²) in [5.74, 6) is -0.0773. The molecule has 0 bridgehead atoms. The number of carbonyl (C=O) groups excluding carboxylic acids is 1. The molecule has 0 radical (unpaired) electrons. The number of amides is 1. The third kappa shape index (κ3) is 4.07. The standard InChI is InChI=1S/C17H27N3O3S2/c1-3-25(22,23)19(2)12-16(21)20(11-14-4-9-24-13-14)15-10-17(15)5-7-18-8-6-17/h4,9,13,15,18H,3,5-8,10-12H2,1-2H3. The Balaban J connectivity index is 1.73. The van der Waals surface area contributed by atoms with Gasteiger partial charge >= 0.3 is 0 Å². The zero-order chi connectivity index (χ0) is 18.1. The topological polar surface area (TPSA) is 69.7 Å². The van der Waals surface area contributed by atoms with Gasteiger partial charge in [0.25, 0.3) is 0 Å². The van der Waals surface area contributed by atoms with Gasteiger partial charge in [0, 0.05) is 19.6 Å². The first-order valence-corrected chi connectivity index (χ1v) is 11.4. The Kier molecular flexibility index (Phi) is 5.53. The molecule has 1 aliphatic heterocycles. The van der Waals surface area contributed by atoms with Crippen molar-refractivity contribution in [2.45, 2.75) is 38.8 Å². The zero-order valence-electron chi connectivity index (χ0n) is 14.9. The van der Waals surface area contributed by atoms with E-state index in [0.29, 0.717) is 6.54 Å². The van der Waals surface area contributed by atoms with Crippen molar-refractivity contribution in [2.24, 2.45) is 5.41 Å². The van der Waals surface area contributed by atoms with Crippen molar-refractivity contribution < 1.29 is 13.2 Å². The average Bonchev–Trinajstić information content (AvgIpc) is 3.03. The minimum Gasteiger partial charge on any atom is -0.334 e. The Labute approximate surface area is 154 Å². The van der Waals surface area contributed by atoms with Gasteiger partial charge in [0.2, 0.25) is 15.9 Å². The molecule has 1 amide bonds. The molecule has 1 aromatic heterocycles. The summed E-state index contributed by atoms with van der Waals surface area (Å²) in [6.45, 7) is 4.10. The quantitative estimate of drug-likeness (QED) is 0.772. The number of thiophene rings is 1. The number of likely N-dealkylation sites (N-methyl/N-ethyl adjacent to an activating group) is 1. The highest BCUT2D eigenvalue weighted by atomic mass is 32.2. The van der Waals surface area contributed by atoms with E-state index >= 15 is 0 Å². The molecule has 2 heterocycles. The smallest absolute Gasteiger partial charge is 0.238 e. The van der Waals surface area contributed by atoms with Crippen LogP contribution in [0.15, 0.2) is 16.8 Å². The molecule has 3 rings (SSSR count). The number of hydrogen-bond acceptors (Lipinski definition) is 5. The van der Waals surface area contributed by atoms with Crippen LogP contribution >= 0.6 is 11.3 Å². The molecular weight excluding hydrogens is 358 g/mol. The van der Waals surface area contributed by atoms with E-state index in [1.54, 1.807) is 18.3 Å². The van der Waals surface area contributed by atoms with Crippen LogP contribution in [0.3, 0.4) is 0 Å². The number of piperidine rings is 1. The van der Waals surface area contributed by atoms with Gasteiger partial charge in [-0.05, 0) is 67.1 Å². The molecule has 1 aliphatic carbocycles. The Morgan fingerprint density at radius 3 is 2.72 bits per heavy atom. The molecule has 1 aromatic rings. The summed E-state index contributed by atoms with van der Waals surface area (Å²) in [6.07, 6.45) is 3.22. The summed E-state index contributed by atoms with van der Waals surface area (Å²) < 4.78 is 25.2. The fourth-order valence-corrected chi connectivity index (χ4v) is 5.19. The van der Waals surface area contributed by atoms with Gasteiger partial charge in [-0.2, -0.15) is 15.6 Å². The van der Waals surface area contributed by atoms with E-state index < -0.39 is 10.0 Å². The fourth-order valence-electron chi connectivity index (χ4n) is 3.78. The summed E-state index contributed by atoms with van der Waals surface area (Å²) in [5, 5.41) is 7.46. The minimum absolute atomic E-state index is 0.0142. The predicted molar refractivity (Wildman–Crippen MR) is 99.9 cm³/mol. The monoisotopic (exact) mass is 385 g/mol. The predicted octanol–water partition coefficient (Wildman–Crippen LogP) is 1.50. The number of nitrogens with zero attached hydrogens (tertiary/aromatic N) is 2. The summed E-state index contributed by atoms with van der Waals surface area (Å²) in [6, 6.07) is 2.27. The highest BCUT2D eigenvalue weighted by Crippen LogP contribution is 2.56.